The molecule has 0 aliphatic heterocycles. The molecule has 0 aliphatic carbocycles. The van der Waals surface area contributed by atoms with Crippen molar-refractivity contribution in [2.24, 2.45) is 0 Å². The van der Waals surface area contributed by atoms with Crippen LogP contribution in [0.2, 0.25) is 0 Å². The number of carbonyl (C=O) groups excluding carboxylic acids is 1. The molecule has 3 rings (SSSR count). The van der Waals surface area contributed by atoms with E-state index in [0.29, 0.717) is 22.3 Å². The zero-order valence-electron chi connectivity index (χ0n) is 11.5. The van der Waals surface area contributed by atoms with Gasteiger partial charge in [-0.15, -0.1) is 10.2 Å². The summed E-state index contributed by atoms with van der Waals surface area (Å²) >= 11 is 4.75. The lowest BCUT2D eigenvalue weighted by Gasteiger charge is -1.98. The smallest absolute Gasteiger partial charge is 0.189 e. The minimum absolute atomic E-state index is 0.0761. The minimum atomic E-state index is 0.0761. The average molecular weight is 374 g/mol. The number of halogens is 1. The monoisotopic (exact) mass is 373 g/mol. The van der Waals surface area contributed by atoms with Gasteiger partial charge in [0.25, 0.3) is 0 Å². The van der Waals surface area contributed by atoms with Crippen molar-refractivity contribution >= 4 is 33.5 Å². The van der Waals surface area contributed by atoms with Gasteiger partial charge < -0.3 is 4.98 Å². The highest BCUT2D eigenvalue weighted by Crippen LogP contribution is 2.21. The first kappa shape index (κ1) is 15.0. The highest BCUT2D eigenvalue weighted by Gasteiger charge is 2.10. The molecule has 0 spiro atoms. The van der Waals surface area contributed by atoms with Crippen LogP contribution >= 0.6 is 27.7 Å². The molecule has 0 radical (unpaired) electrons. The Morgan fingerprint density at radius 3 is 2.50 bits per heavy atom. The summed E-state index contributed by atoms with van der Waals surface area (Å²) in [7, 11) is 0. The van der Waals surface area contributed by atoms with E-state index in [-0.39, 0.29) is 5.78 Å². The average Bonchev–Trinajstić information content (AvgIpc) is 3.03. The summed E-state index contributed by atoms with van der Waals surface area (Å²) in [6.45, 7) is 0. The Morgan fingerprint density at radius 2 is 1.77 bits per heavy atom. The molecule has 6 heteroatoms. The Labute approximate surface area is 140 Å². The summed E-state index contributed by atoms with van der Waals surface area (Å²) in [4.78, 5) is 15.2. The van der Waals surface area contributed by atoms with Gasteiger partial charge in [-0.05, 0) is 12.1 Å². The van der Waals surface area contributed by atoms with Crippen molar-refractivity contribution in [2.75, 3.05) is 5.75 Å². The van der Waals surface area contributed by atoms with E-state index in [4.69, 9.17) is 0 Å². The molecule has 0 amide bonds. The third-order valence-electron chi connectivity index (χ3n) is 3.02. The first-order valence-corrected chi connectivity index (χ1v) is 8.40. The van der Waals surface area contributed by atoms with Gasteiger partial charge >= 0.3 is 0 Å². The Morgan fingerprint density at radius 1 is 1.05 bits per heavy atom. The van der Waals surface area contributed by atoms with Gasteiger partial charge in [-0.3, -0.25) is 4.79 Å². The Bertz CT molecular complexity index is 772. The van der Waals surface area contributed by atoms with Crippen LogP contribution in [0.4, 0.5) is 0 Å². The van der Waals surface area contributed by atoms with E-state index in [1.165, 1.54) is 11.8 Å². The molecule has 1 N–H and O–H groups in total. The van der Waals surface area contributed by atoms with E-state index in [1.807, 2.05) is 54.6 Å². The summed E-state index contributed by atoms with van der Waals surface area (Å²) in [6.07, 6.45) is 0. The second-order valence-electron chi connectivity index (χ2n) is 4.56. The number of Topliss-reactive ketones (excluding diaryl/α,β-unsaturated/α-hetero) is 1. The molecule has 0 aliphatic rings. The van der Waals surface area contributed by atoms with Gasteiger partial charge in [-0.2, -0.15) is 0 Å². The van der Waals surface area contributed by atoms with E-state index < -0.39 is 0 Å². The van der Waals surface area contributed by atoms with E-state index in [2.05, 4.69) is 31.1 Å². The molecule has 1 heterocycles. The SMILES string of the molecule is O=C(CSc1nnc(-c2ccc(Br)cc2)[nH]1)c1ccccc1. The molecule has 0 bridgehead atoms. The number of hydrogen-bond donors (Lipinski definition) is 1. The minimum Gasteiger partial charge on any atom is -0.316 e. The van der Waals surface area contributed by atoms with Crippen LogP contribution in [-0.2, 0) is 0 Å². The molecule has 22 heavy (non-hydrogen) atoms. The maximum atomic E-state index is 12.0. The van der Waals surface area contributed by atoms with Gasteiger partial charge in [0.05, 0.1) is 5.75 Å². The Kier molecular flexibility index (Phi) is 4.70. The van der Waals surface area contributed by atoms with Crippen molar-refractivity contribution in [3.05, 3.63) is 64.6 Å². The van der Waals surface area contributed by atoms with E-state index >= 15 is 0 Å². The molecule has 0 unspecified atom stereocenters. The highest BCUT2D eigenvalue weighted by atomic mass is 79.9. The highest BCUT2D eigenvalue weighted by molar-refractivity contribution is 9.10. The standard InChI is InChI=1S/C16H12BrN3OS/c17-13-8-6-12(7-9-13)15-18-16(20-19-15)22-10-14(21)11-4-2-1-3-5-11/h1-9H,10H2,(H,18,19,20). The molecule has 3 aromatic rings. The van der Waals surface area contributed by atoms with Crippen LogP contribution in [0.25, 0.3) is 11.4 Å². The lowest BCUT2D eigenvalue weighted by atomic mass is 10.2. The molecular weight excluding hydrogens is 362 g/mol. The normalized spacial score (nSPS) is 10.6. The molecule has 0 saturated heterocycles. The van der Waals surface area contributed by atoms with Crippen LogP contribution < -0.4 is 0 Å². The van der Waals surface area contributed by atoms with Gasteiger partial charge in [0.15, 0.2) is 16.8 Å². The number of hydrogen-bond acceptors (Lipinski definition) is 4. The van der Waals surface area contributed by atoms with Crippen molar-refractivity contribution in [2.45, 2.75) is 5.16 Å². The summed E-state index contributed by atoms with van der Waals surface area (Å²) in [5.41, 5.74) is 1.67. The summed E-state index contributed by atoms with van der Waals surface area (Å²) < 4.78 is 1.01. The number of rotatable bonds is 5. The third kappa shape index (κ3) is 3.64. The van der Waals surface area contributed by atoms with Crippen molar-refractivity contribution in [1.82, 2.24) is 15.2 Å². The molecule has 0 saturated carbocycles. The summed E-state index contributed by atoms with van der Waals surface area (Å²) in [5, 5.41) is 8.83. The number of aromatic nitrogens is 3. The molecule has 2 aromatic carbocycles. The number of aromatic amines is 1. The van der Waals surface area contributed by atoms with Crippen LogP contribution in [-0.4, -0.2) is 26.7 Å². The van der Waals surface area contributed by atoms with Gasteiger partial charge in [-0.25, -0.2) is 0 Å². The maximum Gasteiger partial charge on any atom is 0.189 e. The molecule has 110 valence electrons. The fourth-order valence-corrected chi connectivity index (χ4v) is 2.86. The fourth-order valence-electron chi connectivity index (χ4n) is 1.89. The van der Waals surface area contributed by atoms with E-state index in [0.717, 1.165) is 10.0 Å². The second kappa shape index (κ2) is 6.89. The van der Waals surface area contributed by atoms with E-state index in [9.17, 15) is 4.79 Å². The van der Waals surface area contributed by atoms with Crippen LogP contribution in [0.1, 0.15) is 10.4 Å². The van der Waals surface area contributed by atoms with Gasteiger partial charge in [0.2, 0.25) is 0 Å². The number of nitrogens with zero attached hydrogens (tertiary/aromatic N) is 2. The van der Waals surface area contributed by atoms with Crippen LogP contribution in [0.15, 0.2) is 64.2 Å². The number of thioether (sulfide) groups is 1. The quantitative estimate of drug-likeness (QED) is 0.537. The molecular formula is C16H12BrN3OS. The second-order valence-corrected chi connectivity index (χ2v) is 6.44. The predicted molar refractivity (Wildman–Crippen MR) is 91.0 cm³/mol. The molecule has 0 fully saturated rings. The zero-order chi connectivity index (χ0) is 15.4. The third-order valence-corrected chi connectivity index (χ3v) is 4.41. The Balaban J connectivity index is 1.65. The number of benzene rings is 2. The number of nitrogens with one attached hydrogen (secondary N) is 1. The molecule has 0 atom stereocenters. The Hall–Kier alpha value is -1.92. The van der Waals surface area contributed by atoms with Gasteiger partial charge in [0.1, 0.15) is 0 Å². The lowest BCUT2D eigenvalue weighted by molar-refractivity contribution is 0.102. The van der Waals surface area contributed by atoms with E-state index in [1.54, 1.807) is 0 Å². The molecule has 1 aromatic heterocycles. The summed E-state index contributed by atoms with van der Waals surface area (Å²) in [5.74, 6) is 1.10. The van der Waals surface area contributed by atoms with Crippen LogP contribution in [0.5, 0.6) is 0 Å². The predicted octanol–water partition coefficient (Wildman–Crippen LogP) is 4.21. The zero-order valence-corrected chi connectivity index (χ0v) is 13.9. The summed E-state index contributed by atoms with van der Waals surface area (Å²) in [6, 6.07) is 17.0. The number of ketones is 1. The lowest BCUT2D eigenvalue weighted by Crippen LogP contribution is -2.01. The van der Waals surface area contributed by atoms with Crippen molar-refractivity contribution < 1.29 is 4.79 Å². The van der Waals surface area contributed by atoms with Gasteiger partial charge in [-0.1, -0.05) is 70.2 Å². The fraction of sp³-hybridized carbons (Fsp3) is 0.0625. The van der Waals surface area contributed by atoms with Crippen molar-refractivity contribution in [3.8, 4) is 11.4 Å². The van der Waals surface area contributed by atoms with Gasteiger partial charge in [0, 0.05) is 15.6 Å². The first-order valence-electron chi connectivity index (χ1n) is 6.62. The van der Waals surface area contributed by atoms with Crippen LogP contribution in [0, 0.1) is 0 Å². The number of H-pyrrole nitrogens is 1. The topological polar surface area (TPSA) is 58.6 Å². The maximum absolute atomic E-state index is 12.0. The van der Waals surface area contributed by atoms with Crippen molar-refractivity contribution in [1.29, 1.82) is 0 Å². The first-order chi connectivity index (χ1) is 10.7. The largest absolute Gasteiger partial charge is 0.316 e. The van der Waals surface area contributed by atoms with Crippen LogP contribution in [0.3, 0.4) is 0 Å². The molecule has 4 nitrogen and oxygen atoms in total. The number of carbonyl (C=O) groups is 1. The van der Waals surface area contributed by atoms with Crippen molar-refractivity contribution in [3.63, 3.8) is 0 Å².